The zero-order valence-electron chi connectivity index (χ0n) is 12.6. The molecule has 0 amide bonds. The molecule has 1 aliphatic heterocycles. The molecule has 4 nitrogen and oxygen atoms in total. The van der Waals surface area contributed by atoms with E-state index in [2.05, 4.69) is 25.9 Å². The molecule has 116 valence electrons. The lowest BCUT2D eigenvalue weighted by atomic mass is 9.75. The number of hydrogen-bond acceptors (Lipinski definition) is 3. The molecule has 0 N–H and O–H groups in total. The number of alkyl halides is 1. The van der Waals surface area contributed by atoms with E-state index >= 15 is 0 Å². The fraction of sp³-hybridized carbons (Fsp3) is 0.750. The van der Waals surface area contributed by atoms with Gasteiger partial charge in [-0.15, -0.1) is 0 Å². The quantitative estimate of drug-likeness (QED) is 0.780. The van der Waals surface area contributed by atoms with Crippen LogP contribution in [0.5, 0.6) is 0 Å². The Kier molecular flexibility index (Phi) is 4.67. The molecule has 1 aromatic rings. The topological polar surface area (TPSA) is 38.1 Å². The van der Waals surface area contributed by atoms with Gasteiger partial charge in [-0.25, -0.2) is 4.68 Å². The van der Waals surface area contributed by atoms with Crippen molar-refractivity contribution in [3.05, 3.63) is 22.6 Å². The minimum absolute atomic E-state index is 0.0466. The van der Waals surface area contributed by atoms with Gasteiger partial charge in [-0.05, 0) is 31.1 Å². The molecule has 0 unspecified atom stereocenters. The molecular weight excluding hydrogens is 330 g/mol. The summed E-state index contributed by atoms with van der Waals surface area (Å²) in [5.41, 5.74) is 1.25. The Bertz CT molecular complexity index is 531. The Morgan fingerprint density at radius 2 is 1.86 bits per heavy atom. The van der Waals surface area contributed by atoms with Crippen molar-refractivity contribution in [2.24, 2.45) is 5.41 Å². The number of halogens is 1. The van der Waals surface area contributed by atoms with E-state index in [0.717, 1.165) is 30.7 Å². The number of nitrogens with zero attached hydrogens (tertiary/aromatic N) is 3. The van der Waals surface area contributed by atoms with Gasteiger partial charge in [0.05, 0.1) is 18.4 Å². The molecule has 1 aromatic heterocycles. The average Bonchev–Trinajstić information content (AvgIpc) is 3.05. The van der Waals surface area contributed by atoms with Crippen LogP contribution >= 0.6 is 15.9 Å². The van der Waals surface area contributed by atoms with Gasteiger partial charge in [-0.1, -0.05) is 35.2 Å². The van der Waals surface area contributed by atoms with Crippen molar-refractivity contribution < 1.29 is 0 Å². The molecule has 0 aromatic carbocycles. The summed E-state index contributed by atoms with van der Waals surface area (Å²) in [5.74, 6) is 0. The van der Waals surface area contributed by atoms with E-state index in [-0.39, 0.29) is 11.0 Å². The van der Waals surface area contributed by atoms with Gasteiger partial charge in [0, 0.05) is 24.5 Å². The summed E-state index contributed by atoms with van der Waals surface area (Å²) in [6, 6.07) is 1.77. The summed E-state index contributed by atoms with van der Waals surface area (Å²) in [4.78, 5) is 14.7. The Balaban J connectivity index is 1.77. The molecule has 21 heavy (non-hydrogen) atoms. The minimum Gasteiger partial charge on any atom is -0.370 e. The van der Waals surface area contributed by atoms with Gasteiger partial charge in [0.15, 0.2) is 0 Å². The van der Waals surface area contributed by atoms with Crippen LogP contribution in [0.25, 0.3) is 0 Å². The second-order valence-electron chi connectivity index (χ2n) is 6.60. The van der Waals surface area contributed by atoms with Crippen molar-refractivity contribution in [2.45, 2.75) is 51.5 Å². The Labute approximate surface area is 134 Å². The molecule has 2 aliphatic rings. The van der Waals surface area contributed by atoms with E-state index in [1.165, 1.54) is 44.9 Å². The number of aromatic nitrogens is 2. The van der Waals surface area contributed by atoms with Crippen molar-refractivity contribution in [1.82, 2.24) is 9.78 Å². The van der Waals surface area contributed by atoms with Crippen molar-refractivity contribution in [3.8, 4) is 0 Å². The molecule has 0 radical (unpaired) electrons. The lowest BCUT2D eigenvalue weighted by Crippen LogP contribution is -2.37. The summed E-state index contributed by atoms with van der Waals surface area (Å²) >= 11 is 3.67. The van der Waals surface area contributed by atoms with Crippen LogP contribution in [0.2, 0.25) is 0 Å². The lowest BCUT2D eigenvalue weighted by Gasteiger charge is -2.35. The highest BCUT2D eigenvalue weighted by Gasteiger charge is 2.32. The summed E-state index contributed by atoms with van der Waals surface area (Å²) in [6.45, 7) is 2.85. The van der Waals surface area contributed by atoms with E-state index in [9.17, 15) is 4.79 Å². The van der Waals surface area contributed by atoms with Crippen LogP contribution in [-0.4, -0.2) is 28.2 Å². The molecule has 0 spiro atoms. The molecule has 0 bridgehead atoms. The number of rotatable bonds is 4. The first kappa shape index (κ1) is 15.1. The van der Waals surface area contributed by atoms with Gasteiger partial charge in [0.1, 0.15) is 0 Å². The summed E-state index contributed by atoms with van der Waals surface area (Å²) < 4.78 is 1.67. The maximum absolute atomic E-state index is 12.4. The van der Waals surface area contributed by atoms with Gasteiger partial charge < -0.3 is 4.90 Å². The van der Waals surface area contributed by atoms with E-state index in [1.54, 1.807) is 10.7 Å². The van der Waals surface area contributed by atoms with Crippen molar-refractivity contribution in [1.29, 1.82) is 0 Å². The maximum atomic E-state index is 12.4. The number of anilines is 1. The van der Waals surface area contributed by atoms with Gasteiger partial charge in [0.2, 0.25) is 0 Å². The van der Waals surface area contributed by atoms with Crippen LogP contribution in [0.3, 0.4) is 0 Å². The third-order valence-electron chi connectivity index (χ3n) is 5.01. The van der Waals surface area contributed by atoms with Crippen LogP contribution in [0, 0.1) is 5.41 Å². The second-order valence-corrected chi connectivity index (χ2v) is 7.16. The van der Waals surface area contributed by atoms with Gasteiger partial charge in [-0.3, -0.25) is 4.79 Å². The van der Waals surface area contributed by atoms with Crippen LogP contribution in [-0.2, 0) is 6.54 Å². The molecule has 3 rings (SSSR count). The fourth-order valence-corrected chi connectivity index (χ4v) is 4.38. The third-order valence-corrected chi connectivity index (χ3v) is 6.20. The number of hydrogen-bond donors (Lipinski definition) is 0. The summed E-state index contributed by atoms with van der Waals surface area (Å²) in [5, 5.41) is 5.41. The van der Waals surface area contributed by atoms with Crippen LogP contribution in [0.15, 0.2) is 17.1 Å². The Morgan fingerprint density at radius 1 is 1.14 bits per heavy atom. The highest BCUT2D eigenvalue weighted by atomic mass is 79.9. The van der Waals surface area contributed by atoms with Crippen LogP contribution in [0.4, 0.5) is 5.69 Å². The maximum Gasteiger partial charge on any atom is 0.268 e. The van der Waals surface area contributed by atoms with Crippen molar-refractivity contribution >= 4 is 21.6 Å². The van der Waals surface area contributed by atoms with E-state index in [1.807, 2.05) is 6.20 Å². The van der Waals surface area contributed by atoms with Crippen molar-refractivity contribution in [2.75, 3.05) is 23.3 Å². The lowest BCUT2D eigenvalue weighted by molar-refractivity contribution is 0.180. The van der Waals surface area contributed by atoms with E-state index in [4.69, 9.17) is 0 Å². The van der Waals surface area contributed by atoms with Crippen LogP contribution in [0.1, 0.15) is 44.9 Å². The highest BCUT2D eigenvalue weighted by molar-refractivity contribution is 9.09. The highest BCUT2D eigenvalue weighted by Crippen LogP contribution is 2.38. The van der Waals surface area contributed by atoms with Crippen LogP contribution < -0.4 is 10.5 Å². The molecular formula is C16H24BrN3O. The van der Waals surface area contributed by atoms with Gasteiger partial charge in [0.25, 0.3) is 5.56 Å². The molecule has 1 aliphatic carbocycles. The molecule has 1 saturated heterocycles. The first-order chi connectivity index (χ1) is 10.2. The second kappa shape index (κ2) is 6.51. The summed E-state index contributed by atoms with van der Waals surface area (Å²) in [7, 11) is 0. The predicted octanol–water partition coefficient (Wildman–Crippen LogP) is 3.19. The van der Waals surface area contributed by atoms with Crippen molar-refractivity contribution in [3.63, 3.8) is 0 Å². The first-order valence-electron chi connectivity index (χ1n) is 8.11. The predicted molar refractivity (Wildman–Crippen MR) is 89.3 cm³/mol. The normalized spacial score (nSPS) is 21.7. The largest absolute Gasteiger partial charge is 0.370 e. The third kappa shape index (κ3) is 3.33. The fourth-order valence-electron chi connectivity index (χ4n) is 3.64. The smallest absolute Gasteiger partial charge is 0.268 e. The first-order valence-corrected chi connectivity index (χ1v) is 9.23. The summed E-state index contributed by atoms with van der Waals surface area (Å²) in [6.07, 6.45) is 10.6. The molecule has 5 heteroatoms. The standard InChI is InChI=1S/C16H24BrN3O/c17-12-16(6-2-1-3-7-16)13-20-15(21)10-14(11-18-20)19-8-4-5-9-19/h10-11H,1-9,12-13H2. The SMILES string of the molecule is O=c1cc(N2CCCC2)cnn1CC1(CBr)CCCCC1. The van der Waals surface area contributed by atoms with Gasteiger partial charge in [-0.2, -0.15) is 5.10 Å². The molecule has 2 heterocycles. The Morgan fingerprint density at radius 3 is 2.48 bits per heavy atom. The molecule has 1 saturated carbocycles. The zero-order valence-corrected chi connectivity index (χ0v) is 14.1. The average molecular weight is 354 g/mol. The van der Waals surface area contributed by atoms with E-state index < -0.39 is 0 Å². The molecule has 0 atom stereocenters. The zero-order chi connectivity index (χ0) is 14.7. The monoisotopic (exact) mass is 353 g/mol. The van der Waals surface area contributed by atoms with E-state index in [0.29, 0.717) is 0 Å². The van der Waals surface area contributed by atoms with Gasteiger partial charge >= 0.3 is 0 Å². The minimum atomic E-state index is 0.0466. The Hall–Kier alpha value is -0.840. The molecule has 2 fully saturated rings.